The van der Waals surface area contributed by atoms with Crippen LogP contribution in [-0.2, 0) is 16.0 Å². The molecular weight excluding hydrogens is 394 g/mol. The lowest BCUT2D eigenvalue weighted by atomic mass is 9.89. The summed E-state index contributed by atoms with van der Waals surface area (Å²) in [6.45, 7) is 3.85. The number of aryl methyl sites for hydroxylation is 1. The average Bonchev–Trinajstić information content (AvgIpc) is 2.79. The highest BCUT2D eigenvalue weighted by molar-refractivity contribution is 5.95. The summed E-state index contributed by atoms with van der Waals surface area (Å²) in [6.07, 6.45) is 2.26. The Bertz CT molecular complexity index is 907. The number of nitrogens with zero attached hydrogens (tertiary/aromatic N) is 2. The number of likely N-dealkylation sites (tertiary alicyclic amines) is 1. The number of pyridine rings is 1. The highest BCUT2D eigenvalue weighted by Gasteiger charge is 2.27. The molecule has 166 valence electrons. The first-order valence-corrected chi connectivity index (χ1v) is 10.7. The number of rotatable bonds is 8. The van der Waals surface area contributed by atoms with Gasteiger partial charge in [0.25, 0.3) is 5.91 Å². The molecule has 1 aliphatic heterocycles. The smallest absolute Gasteiger partial charge is 0.253 e. The van der Waals surface area contributed by atoms with Crippen molar-refractivity contribution in [3.05, 3.63) is 58.9 Å². The van der Waals surface area contributed by atoms with Gasteiger partial charge in [0, 0.05) is 38.4 Å². The molecule has 2 aromatic rings. The normalized spacial score (nSPS) is 14.4. The fraction of sp³-hybridized carbons (Fsp3) is 0.458. The van der Waals surface area contributed by atoms with Gasteiger partial charge in [-0.3, -0.25) is 14.6 Å². The maximum Gasteiger partial charge on any atom is 0.253 e. The number of carbonyl (C=O) groups is 2. The number of hydrogen-bond donors (Lipinski definition) is 1. The molecule has 1 aliphatic rings. The summed E-state index contributed by atoms with van der Waals surface area (Å²) < 4.78 is 10.3. The molecule has 0 atom stereocenters. The third kappa shape index (κ3) is 5.82. The second-order valence-corrected chi connectivity index (χ2v) is 7.79. The van der Waals surface area contributed by atoms with E-state index in [1.54, 1.807) is 7.11 Å². The molecule has 1 N–H and O–H groups in total. The Labute approximate surface area is 183 Å². The third-order valence-corrected chi connectivity index (χ3v) is 5.68. The summed E-state index contributed by atoms with van der Waals surface area (Å²) in [7, 11) is 3.18. The number of ether oxygens (including phenoxy) is 2. The first kappa shape index (κ1) is 22.7. The second-order valence-electron chi connectivity index (χ2n) is 7.79. The second kappa shape index (κ2) is 10.9. The predicted molar refractivity (Wildman–Crippen MR) is 118 cm³/mol. The highest BCUT2D eigenvalue weighted by atomic mass is 16.5. The minimum absolute atomic E-state index is 0.00691. The zero-order valence-electron chi connectivity index (χ0n) is 18.5. The molecule has 0 unspecified atom stereocenters. The topological polar surface area (TPSA) is 80.8 Å². The number of carbonyl (C=O) groups excluding carboxylic acids is 2. The van der Waals surface area contributed by atoms with Gasteiger partial charge in [0.05, 0.1) is 18.4 Å². The number of nitrogens with one attached hydrogen (secondary N) is 1. The van der Waals surface area contributed by atoms with Crippen LogP contribution in [0.15, 0.2) is 36.4 Å². The highest BCUT2D eigenvalue weighted by Crippen LogP contribution is 2.29. The maximum atomic E-state index is 13.0. The molecule has 2 amide bonds. The van der Waals surface area contributed by atoms with E-state index in [1.807, 2.05) is 48.2 Å². The minimum atomic E-state index is -0.115. The Kier molecular flexibility index (Phi) is 8.00. The molecule has 0 spiro atoms. The molecule has 0 saturated carbocycles. The molecule has 0 aliphatic carbocycles. The van der Waals surface area contributed by atoms with Gasteiger partial charge >= 0.3 is 0 Å². The van der Waals surface area contributed by atoms with Crippen LogP contribution in [0.25, 0.3) is 0 Å². The van der Waals surface area contributed by atoms with Crippen LogP contribution in [0.3, 0.4) is 0 Å². The number of benzene rings is 1. The van der Waals surface area contributed by atoms with Crippen molar-refractivity contribution in [2.75, 3.05) is 40.5 Å². The van der Waals surface area contributed by atoms with Crippen molar-refractivity contribution < 1.29 is 19.1 Å². The van der Waals surface area contributed by atoms with Crippen LogP contribution in [0, 0.1) is 6.92 Å². The van der Waals surface area contributed by atoms with Crippen LogP contribution in [0.5, 0.6) is 5.75 Å². The number of methoxy groups -OCH3 is 2. The molecule has 0 radical (unpaired) electrons. The van der Waals surface area contributed by atoms with Gasteiger partial charge in [-0.05, 0) is 49.9 Å². The monoisotopic (exact) mass is 425 g/mol. The fourth-order valence-corrected chi connectivity index (χ4v) is 4.01. The molecular formula is C24H31N3O4. The van der Waals surface area contributed by atoms with Crippen LogP contribution in [-0.4, -0.2) is 62.2 Å². The zero-order valence-corrected chi connectivity index (χ0v) is 18.5. The molecule has 0 bridgehead atoms. The van der Waals surface area contributed by atoms with Gasteiger partial charge in [0.2, 0.25) is 5.91 Å². The Morgan fingerprint density at radius 2 is 1.87 bits per heavy atom. The quantitative estimate of drug-likeness (QED) is 0.703. The molecule has 31 heavy (non-hydrogen) atoms. The molecule has 2 heterocycles. The molecule has 1 saturated heterocycles. The third-order valence-electron chi connectivity index (χ3n) is 5.68. The molecule has 7 heteroatoms. The van der Waals surface area contributed by atoms with Gasteiger partial charge in [-0.25, -0.2) is 0 Å². The molecule has 7 nitrogen and oxygen atoms in total. The number of hydrogen-bond acceptors (Lipinski definition) is 5. The first-order chi connectivity index (χ1) is 15.0. The van der Waals surface area contributed by atoms with E-state index in [0.717, 1.165) is 35.5 Å². The van der Waals surface area contributed by atoms with Crippen molar-refractivity contribution in [1.29, 1.82) is 0 Å². The average molecular weight is 426 g/mol. The van der Waals surface area contributed by atoms with E-state index in [-0.39, 0.29) is 24.3 Å². The number of aromatic nitrogens is 1. The Morgan fingerprint density at radius 3 is 2.58 bits per heavy atom. The molecule has 1 fully saturated rings. The van der Waals surface area contributed by atoms with Crippen molar-refractivity contribution >= 4 is 11.8 Å². The Morgan fingerprint density at radius 1 is 1.13 bits per heavy atom. The van der Waals surface area contributed by atoms with Gasteiger partial charge in [-0.15, -0.1) is 0 Å². The molecule has 1 aromatic carbocycles. The van der Waals surface area contributed by atoms with E-state index in [9.17, 15) is 9.59 Å². The van der Waals surface area contributed by atoms with Crippen molar-refractivity contribution in [3.8, 4) is 5.75 Å². The van der Waals surface area contributed by atoms with E-state index < -0.39 is 0 Å². The van der Waals surface area contributed by atoms with Gasteiger partial charge in [0.15, 0.2) is 0 Å². The Hall–Kier alpha value is -2.93. The van der Waals surface area contributed by atoms with Crippen molar-refractivity contribution in [2.45, 2.75) is 32.1 Å². The standard InChI is InChI=1S/C24H31N3O4/c1-17-8-9-20(24(29)25-13-10-18-6-4-5-7-21(18)31-3)23(26-17)19-11-14-27(15-12-19)22(28)16-30-2/h4-9,19H,10-16H2,1-3H3,(H,25,29). The van der Waals surface area contributed by atoms with Crippen molar-refractivity contribution in [3.63, 3.8) is 0 Å². The summed E-state index contributed by atoms with van der Waals surface area (Å²) in [6, 6.07) is 11.5. The molecule has 1 aromatic heterocycles. The zero-order chi connectivity index (χ0) is 22.2. The minimum Gasteiger partial charge on any atom is -0.496 e. The van der Waals surface area contributed by atoms with Gasteiger partial charge < -0.3 is 19.7 Å². The largest absolute Gasteiger partial charge is 0.496 e. The van der Waals surface area contributed by atoms with Gasteiger partial charge in [0.1, 0.15) is 12.4 Å². The van der Waals surface area contributed by atoms with Gasteiger partial charge in [-0.2, -0.15) is 0 Å². The maximum absolute atomic E-state index is 13.0. The van der Waals surface area contributed by atoms with Gasteiger partial charge in [-0.1, -0.05) is 18.2 Å². The predicted octanol–water partition coefficient (Wildman–Crippen LogP) is 2.72. The van der Waals surface area contributed by atoms with Crippen LogP contribution >= 0.6 is 0 Å². The Balaban J connectivity index is 1.64. The van der Waals surface area contributed by atoms with Crippen LogP contribution in [0.2, 0.25) is 0 Å². The van der Waals surface area contributed by atoms with Crippen LogP contribution in [0.4, 0.5) is 0 Å². The lowest BCUT2D eigenvalue weighted by molar-refractivity contribution is -0.136. The first-order valence-electron chi connectivity index (χ1n) is 10.7. The van der Waals surface area contributed by atoms with Crippen molar-refractivity contribution in [1.82, 2.24) is 15.2 Å². The summed E-state index contributed by atoms with van der Waals surface area (Å²) in [5, 5.41) is 3.03. The van der Waals surface area contributed by atoms with E-state index in [1.165, 1.54) is 7.11 Å². The number of piperidine rings is 1. The van der Waals surface area contributed by atoms with E-state index >= 15 is 0 Å². The van der Waals surface area contributed by atoms with E-state index in [2.05, 4.69) is 5.32 Å². The SMILES string of the molecule is COCC(=O)N1CCC(c2nc(C)ccc2C(=O)NCCc2ccccc2OC)CC1. The fourth-order valence-electron chi connectivity index (χ4n) is 4.01. The summed E-state index contributed by atoms with van der Waals surface area (Å²) in [4.78, 5) is 31.6. The van der Waals surface area contributed by atoms with Crippen LogP contribution < -0.4 is 10.1 Å². The van der Waals surface area contributed by atoms with Crippen LogP contribution in [0.1, 0.15) is 46.1 Å². The van der Waals surface area contributed by atoms with E-state index in [0.29, 0.717) is 31.6 Å². The number of amides is 2. The lowest BCUT2D eigenvalue weighted by Gasteiger charge is -2.32. The number of para-hydroxylation sites is 1. The molecule has 3 rings (SSSR count). The summed E-state index contributed by atoms with van der Waals surface area (Å²) in [5.74, 6) is 0.869. The lowest BCUT2D eigenvalue weighted by Crippen LogP contribution is -2.40. The van der Waals surface area contributed by atoms with E-state index in [4.69, 9.17) is 14.5 Å². The van der Waals surface area contributed by atoms with Crippen molar-refractivity contribution in [2.24, 2.45) is 0 Å². The summed E-state index contributed by atoms with van der Waals surface area (Å²) in [5.41, 5.74) is 3.39. The summed E-state index contributed by atoms with van der Waals surface area (Å²) >= 11 is 0.